The molecule has 0 aliphatic carbocycles. The van der Waals surface area contributed by atoms with Gasteiger partial charge in [-0.2, -0.15) is 0 Å². The van der Waals surface area contributed by atoms with Crippen LogP contribution in [-0.4, -0.2) is 48.7 Å². The van der Waals surface area contributed by atoms with Gasteiger partial charge in [0, 0.05) is 32.2 Å². The van der Waals surface area contributed by atoms with Crippen molar-refractivity contribution >= 4 is 28.7 Å². The van der Waals surface area contributed by atoms with Crippen molar-refractivity contribution in [3.8, 4) is 10.9 Å². The number of aromatic nitrogens is 1. The number of hydrogen-bond donors (Lipinski definition) is 1. The van der Waals surface area contributed by atoms with Gasteiger partial charge in [-0.1, -0.05) is 11.3 Å². The summed E-state index contributed by atoms with van der Waals surface area (Å²) in [6.07, 6.45) is 0. The molecule has 1 aromatic heterocycles. The molecule has 0 atom stereocenters. The maximum atomic E-state index is 12.0. The summed E-state index contributed by atoms with van der Waals surface area (Å²) < 4.78 is 10.9. The lowest BCUT2D eigenvalue weighted by molar-refractivity contribution is -0.384. The van der Waals surface area contributed by atoms with E-state index in [1.807, 2.05) is 0 Å². The average molecular weight is 392 g/mol. The number of non-ortho nitro benzene ring substituents is 1. The summed E-state index contributed by atoms with van der Waals surface area (Å²) in [7, 11) is 0. The molecule has 1 aromatic carbocycles. The van der Waals surface area contributed by atoms with Crippen molar-refractivity contribution in [1.82, 2.24) is 10.3 Å². The molecule has 10 heteroatoms. The van der Waals surface area contributed by atoms with E-state index in [9.17, 15) is 14.9 Å². The molecule has 2 aromatic rings. The molecule has 27 heavy (non-hydrogen) atoms. The van der Waals surface area contributed by atoms with Crippen LogP contribution in [0.1, 0.15) is 22.3 Å². The maximum absolute atomic E-state index is 12.0. The number of benzene rings is 1. The Hall–Kier alpha value is -2.72. The van der Waals surface area contributed by atoms with Crippen LogP contribution in [-0.2, 0) is 4.74 Å². The molecule has 1 saturated heterocycles. The summed E-state index contributed by atoms with van der Waals surface area (Å²) in [5, 5.41) is 14.7. The quantitative estimate of drug-likeness (QED) is 0.454. The van der Waals surface area contributed by atoms with E-state index in [0.717, 1.165) is 43.2 Å². The molecule has 9 nitrogen and oxygen atoms in total. The largest absolute Gasteiger partial charge is 0.462 e. The van der Waals surface area contributed by atoms with E-state index in [1.165, 1.54) is 12.1 Å². The predicted octanol–water partition coefficient (Wildman–Crippen LogP) is 2.74. The van der Waals surface area contributed by atoms with Gasteiger partial charge in [-0.15, -0.1) is 0 Å². The van der Waals surface area contributed by atoms with Crippen molar-refractivity contribution in [2.45, 2.75) is 13.8 Å². The van der Waals surface area contributed by atoms with E-state index < -0.39 is 10.9 Å². The van der Waals surface area contributed by atoms with E-state index in [2.05, 4.69) is 15.2 Å². The normalized spacial score (nSPS) is 14.1. The fraction of sp³-hybridized carbons (Fsp3) is 0.412. The second kappa shape index (κ2) is 8.31. The van der Waals surface area contributed by atoms with E-state index >= 15 is 0 Å². The molecule has 0 unspecified atom stereocenters. The SMILES string of the molecule is CCOC(=O)c1sc(Oc2cc([N+](=O)[O-])ccc2N2CCNCC2)nc1C. The minimum absolute atomic E-state index is 0.0669. The third-order valence-corrected chi connectivity index (χ3v) is 5.06. The van der Waals surface area contributed by atoms with Crippen molar-refractivity contribution in [2.75, 3.05) is 37.7 Å². The monoisotopic (exact) mass is 392 g/mol. The molecule has 3 rings (SSSR count). The standard InChI is InChI=1S/C17H20N4O5S/c1-3-25-16(22)15-11(2)19-17(27-15)26-14-10-12(21(23)24)4-5-13(14)20-8-6-18-7-9-20/h4-5,10,18H,3,6-9H2,1-2H3. The van der Waals surface area contributed by atoms with Gasteiger partial charge in [-0.3, -0.25) is 10.1 Å². The third-order valence-electron chi connectivity index (χ3n) is 4.05. The number of ether oxygens (including phenoxy) is 2. The van der Waals surface area contributed by atoms with Gasteiger partial charge in [0.05, 0.1) is 29.0 Å². The molecule has 0 spiro atoms. The van der Waals surface area contributed by atoms with E-state index in [0.29, 0.717) is 16.3 Å². The second-order valence-electron chi connectivity index (χ2n) is 5.86. The Balaban J connectivity index is 1.92. The number of thiazole rings is 1. The minimum atomic E-state index is -0.467. The van der Waals surface area contributed by atoms with Gasteiger partial charge in [0.2, 0.25) is 0 Å². The number of hydrogen-bond acceptors (Lipinski definition) is 9. The average Bonchev–Trinajstić information content (AvgIpc) is 3.03. The number of aryl methyl sites for hydroxylation is 1. The summed E-state index contributed by atoms with van der Waals surface area (Å²) in [6, 6.07) is 4.53. The Morgan fingerprint density at radius 2 is 2.15 bits per heavy atom. The first-order chi connectivity index (χ1) is 13.0. The van der Waals surface area contributed by atoms with Crippen molar-refractivity contribution < 1.29 is 19.2 Å². The summed E-state index contributed by atoms with van der Waals surface area (Å²) in [5.74, 6) is -0.112. The number of piperazine rings is 1. The molecule has 0 bridgehead atoms. The van der Waals surface area contributed by atoms with Gasteiger partial charge >= 0.3 is 5.97 Å². The number of esters is 1. The Bertz CT molecular complexity index is 848. The van der Waals surface area contributed by atoms with Gasteiger partial charge in [0.1, 0.15) is 4.88 Å². The molecular weight excluding hydrogens is 372 g/mol. The second-order valence-corrected chi connectivity index (χ2v) is 6.82. The Labute approximate surface area is 160 Å². The summed E-state index contributed by atoms with van der Waals surface area (Å²) in [6.45, 7) is 6.86. The molecule has 0 radical (unpaired) electrons. The molecule has 1 fully saturated rings. The van der Waals surface area contributed by atoms with Gasteiger partial charge < -0.3 is 19.7 Å². The highest BCUT2D eigenvalue weighted by Crippen LogP contribution is 2.38. The summed E-state index contributed by atoms with van der Waals surface area (Å²) in [5.41, 5.74) is 1.19. The predicted molar refractivity (Wildman–Crippen MR) is 101 cm³/mol. The lowest BCUT2D eigenvalue weighted by Gasteiger charge is -2.30. The lowest BCUT2D eigenvalue weighted by Crippen LogP contribution is -2.43. The lowest BCUT2D eigenvalue weighted by atomic mass is 10.2. The zero-order valence-electron chi connectivity index (χ0n) is 15.1. The van der Waals surface area contributed by atoms with Gasteiger partial charge in [-0.25, -0.2) is 9.78 Å². The molecule has 1 aliphatic heterocycles. The third kappa shape index (κ3) is 4.34. The van der Waals surface area contributed by atoms with E-state index in [1.54, 1.807) is 19.9 Å². The number of carbonyl (C=O) groups is 1. The zero-order chi connectivity index (χ0) is 19.4. The van der Waals surface area contributed by atoms with Crippen molar-refractivity contribution in [1.29, 1.82) is 0 Å². The van der Waals surface area contributed by atoms with Gasteiger partial charge in [0.15, 0.2) is 5.75 Å². The van der Waals surface area contributed by atoms with Crippen LogP contribution in [0.15, 0.2) is 18.2 Å². The molecule has 1 N–H and O–H groups in total. The first-order valence-corrected chi connectivity index (χ1v) is 9.37. The number of nitro groups is 1. The van der Waals surface area contributed by atoms with Crippen LogP contribution in [0.3, 0.4) is 0 Å². The van der Waals surface area contributed by atoms with Crippen molar-refractivity contribution in [2.24, 2.45) is 0 Å². The first kappa shape index (κ1) is 19.1. The van der Waals surface area contributed by atoms with Crippen LogP contribution in [0.4, 0.5) is 11.4 Å². The van der Waals surface area contributed by atoms with Crippen LogP contribution < -0.4 is 15.0 Å². The zero-order valence-corrected chi connectivity index (χ0v) is 15.9. The molecule has 2 heterocycles. The number of nitro benzene ring substituents is 1. The highest BCUT2D eigenvalue weighted by atomic mass is 32.1. The number of nitrogens with one attached hydrogen (secondary N) is 1. The molecule has 0 amide bonds. The minimum Gasteiger partial charge on any atom is -0.462 e. The van der Waals surface area contributed by atoms with Crippen molar-refractivity contribution in [3.05, 3.63) is 38.9 Å². The van der Waals surface area contributed by atoms with Gasteiger partial charge in [0.25, 0.3) is 10.9 Å². The summed E-state index contributed by atoms with van der Waals surface area (Å²) in [4.78, 5) is 29.4. The Morgan fingerprint density at radius 1 is 1.41 bits per heavy atom. The Morgan fingerprint density at radius 3 is 2.81 bits per heavy atom. The van der Waals surface area contributed by atoms with Crippen LogP contribution >= 0.6 is 11.3 Å². The smallest absolute Gasteiger partial charge is 0.350 e. The number of carbonyl (C=O) groups excluding carboxylic acids is 1. The van der Waals surface area contributed by atoms with E-state index in [4.69, 9.17) is 9.47 Å². The Kier molecular flexibility index (Phi) is 5.87. The highest BCUT2D eigenvalue weighted by molar-refractivity contribution is 7.15. The topological polar surface area (TPSA) is 107 Å². The molecule has 0 saturated carbocycles. The van der Waals surface area contributed by atoms with Crippen LogP contribution in [0, 0.1) is 17.0 Å². The number of nitrogens with zero attached hydrogens (tertiary/aromatic N) is 3. The molecular formula is C17H20N4O5S. The van der Waals surface area contributed by atoms with E-state index in [-0.39, 0.29) is 17.5 Å². The van der Waals surface area contributed by atoms with Crippen LogP contribution in [0.5, 0.6) is 10.9 Å². The maximum Gasteiger partial charge on any atom is 0.350 e. The number of rotatable bonds is 6. The van der Waals surface area contributed by atoms with Crippen LogP contribution in [0.2, 0.25) is 0 Å². The van der Waals surface area contributed by atoms with Gasteiger partial charge in [-0.05, 0) is 19.9 Å². The molecule has 1 aliphatic rings. The summed E-state index contributed by atoms with van der Waals surface area (Å²) >= 11 is 1.06. The fourth-order valence-corrected chi connectivity index (χ4v) is 3.58. The fourth-order valence-electron chi connectivity index (χ4n) is 2.76. The molecule has 144 valence electrons. The highest BCUT2D eigenvalue weighted by Gasteiger charge is 2.22. The number of anilines is 1. The van der Waals surface area contributed by atoms with Crippen molar-refractivity contribution in [3.63, 3.8) is 0 Å². The first-order valence-electron chi connectivity index (χ1n) is 8.56. The van der Waals surface area contributed by atoms with Crippen LogP contribution in [0.25, 0.3) is 0 Å².